The number of hydrogen-bond acceptors (Lipinski definition) is 3. The van der Waals surface area contributed by atoms with Gasteiger partial charge in [-0.3, -0.25) is 9.59 Å². The molecule has 1 fully saturated rings. The first kappa shape index (κ1) is 15.5. The minimum absolute atomic E-state index is 0.0962. The van der Waals surface area contributed by atoms with Crippen LogP contribution in [0.15, 0.2) is 0 Å². The Bertz CT molecular complexity index is 375. The molecule has 3 atom stereocenters. The standard InChI is InChI=1S/C14H22N2O3/c1-3-10-8-11(12(9-10)14(18)19)13(17)16(4-2)7-5-6-15/h10-12H,3-5,7-9H2,1-2H3,(H,18,19)/t10?,11-,12+/m0/s1. The first-order chi connectivity index (χ1) is 9.04. The Morgan fingerprint density at radius 3 is 2.42 bits per heavy atom. The maximum Gasteiger partial charge on any atom is 0.307 e. The van der Waals surface area contributed by atoms with Gasteiger partial charge in [0.15, 0.2) is 0 Å². The fourth-order valence-electron chi connectivity index (χ4n) is 2.87. The minimum atomic E-state index is -0.870. The summed E-state index contributed by atoms with van der Waals surface area (Å²) in [4.78, 5) is 25.3. The first-order valence-electron chi connectivity index (χ1n) is 6.93. The smallest absolute Gasteiger partial charge is 0.307 e. The molecule has 0 spiro atoms. The number of amides is 1. The Kier molecular flexibility index (Phi) is 5.81. The highest BCUT2D eigenvalue weighted by Crippen LogP contribution is 2.39. The van der Waals surface area contributed by atoms with Gasteiger partial charge in [0.2, 0.25) is 5.91 Å². The van der Waals surface area contributed by atoms with Crippen LogP contribution in [0.5, 0.6) is 0 Å². The average Bonchev–Trinajstić information content (AvgIpc) is 2.83. The fraction of sp³-hybridized carbons (Fsp3) is 0.786. The van der Waals surface area contributed by atoms with E-state index >= 15 is 0 Å². The Morgan fingerprint density at radius 2 is 1.95 bits per heavy atom. The second kappa shape index (κ2) is 7.13. The van der Waals surface area contributed by atoms with Gasteiger partial charge < -0.3 is 10.0 Å². The molecule has 0 aromatic rings. The van der Waals surface area contributed by atoms with Crippen LogP contribution >= 0.6 is 0 Å². The van der Waals surface area contributed by atoms with Crippen molar-refractivity contribution >= 4 is 11.9 Å². The molecule has 1 aliphatic rings. The van der Waals surface area contributed by atoms with E-state index in [4.69, 9.17) is 5.26 Å². The summed E-state index contributed by atoms with van der Waals surface area (Å²) in [5, 5.41) is 17.8. The van der Waals surface area contributed by atoms with E-state index in [0.29, 0.717) is 38.3 Å². The quantitative estimate of drug-likeness (QED) is 0.796. The van der Waals surface area contributed by atoms with Crippen molar-refractivity contribution < 1.29 is 14.7 Å². The lowest BCUT2D eigenvalue weighted by Crippen LogP contribution is -2.39. The van der Waals surface area contributed by atoms with Crippen molar-refractivity contribution in [3.63, 3.8) is 0 Å². The van der Waals surface area contributed by atoms with Crippen LogP contribution < -0.4 is 0 Å². The minimum Gasteiger partial charge on any atom is -0.481 e. The third-order valence-electron chi connectivity index (χ3n) is 4.06. The van der Waals surface area contributed by atoms with Gasteiger partial charge in [0, 0.05) is 13.1 Å². The van der Waals surface area contributed by atoms with Crippen molar-refractivity contribution in [2.45, 2.75) is 39.5 Å². The second-order valence-electron chi connectivity index (χ2n) is 5.12. The number of hydrogen-bond donors (Lipinski definition) is 1. The molecule has 1 N–H and O–H groups in total. The second-order valence-corrected chi connectivity index (χ2v) is 5.12. The Labute approximate surface area is 114 Å². The molecule has 0 aliphatic heterocycles. The zero-order valence-electron chi connectivity index (χ0n) is 11.6. The summed E-state index contributed by atoms with van der Waals surface area (Å²) < 4.78 is 0. The third kappa shape index (κ3) is 3.69. The van der Waals surface area contributed by atoms with E-state index in [9.17, 15) is 14.7 Å². The third-order valence-corrected chi connectivity index (χ3v) is 4.06. The predicted octanol–water partition coefficient (Wildman–Crippen LogP) is 1.89. The number of nitrogens with zero attached hydrogens (tertiary/aromatic N) is 2. The van der Waals surface area contributed by atoms with Gasteiger partial charge in [-0.2, -0.15) is 5.26 Å². The number of aliphatic carboxylic acids is 1. The summed E-state index contributed by atoms with van der Waals surface area (Å²) in [7, 11) is 0. The molecule has 19 heavy (non-hydrogen) atoms. The van der Waals surface area contributed by atoms with Crippen molar-refractivity contribution in [3.8, 4) is 6.07 Å². The van der Waals surface area contributed by atoms with Crippen molar-refractivity contribution in [1.82, 2.24) is 4.90 Å². The number of carbonyl (C=O) groups excluding carboxylic acids is 1. The van der Waals surface area contributed by atoms with Gasteiger partial charge in [-0.25, -0.2) is 0 Å². The van der Waals surface area contributed by atoms with Gasteiger partial charge >= 0.3 is 5.97 Å². The van der Waals surface area contributed by atoms with E-state index in [1.165, 1.54) is 0 Å². The fourth-order valence-corrected chi connectivity index (χ4v) is 2.87. The molecule has 5 nitrogen and oxygen atoms in total. The monoisotopic (exact) mass is 266 g/mol. The SMILES string of the molecule is CCC1C[C@H](C(=O)N(CC)CCC#N)[C@H](C(=O)O)C1. The Balaban J connectivity index is 2.77. The summed E-state index contributed by atoms with van der Waals surface area (Å²) >= 11 is 0. The number of nitriles is 1. The number of carboxylic acids is 1. The van der Waals surface area contributed by atoms with Crippen LogP contribution in [-0.4, -0.2) is 35.0 Å². The maximum absolute atomic E-state index is 12.4. The van der Waals surface area contributed by atoms with E-state index in [1.807, 2.05) is 19.9 Å². The van der Waals surface area contributed by atoms with Gasteiger partial charge in [0.1, 0.15) is 0 Å². The number of carboxylic acid groups (broad SMARTS) is 1. The molecule has 0 saturated heterocycles. The Morgan fingerprint density at radius 1 is 1.32 bits per heavy atom. The van der Waals surface area contributed by atoms with Gasteiger partial charge in [0.25, 0.3) is 0 Å². The van der Waals surface area contributed by atoms with Gasteiger partial charge in [0.05, 0.1) is 24.3 Å². The molecule has 1 aliphatic carbocycles. The lowest BCUT2D eigenvalue weighted by Gasteiger charge is -2.25. The van der Waals surface area contributed by atoms with Crippen molar-refractivity contribution in [1.29, 1.82) is 5.26 Å². The molecule has 5 heteroatoms. The van der Waals surface area contributed by atoms with E-state index in [0.717, 1.165) is 6.42 Å². The molecule has 0 heterocycles. The first-order valence-corrected chi connectivity index (χ1v) is 6.93. The highest BCUT2D eigenvalue weighted by molar-refractivity contribution is 5.85. The predicted molar refractivity (Wildman–Crippen MR) is 70.1 cm³/mol. The highest BCUT2D eigenvalue weighted by Gasteiger charge is 2.43. The van der Waals surface area contributed by atoms with Crippen LogP contribution in [0, 0.1) is 29.1 Å². The maximum atomic E-state index is 12.4. The molecule has 1 rings (SSSR count). The van der Waals surface area contributed by atoms with Crippen molar-refractivity contribution in [3.05, 3.63) is 0 Å². The molecule has 1 amide bonds. The van der Waals surface area contributed by atoms with Crippen LogP contribution in [-0.2, 0) is 9.59 Å². The van der Waals surface area contributed by atoms with E-state index in [2.05, 4.69) is 0 Å². The average molecular weight is 266 g/mol. The molecule has 1 unspecified atom stereocenters. The molecular weight excluding hydrogens is 244 g/mol. The molecular formula is C14H22N2O3. The van der Waals surface area contributed by atoms with Crippen LogP contribution in [0.4, 0.5) is 0 Å². The Hall–Kier alpha value is -1.57. The lowest BCUT2D eigenvalue weighted by molar-refractivity contribution is -0.149. The van der Waals surface area contributed by atoms with Gasteiger partial charge in [-0.05, 0) is 25.7 Å². The van der Waals surface area contributed by atoms with Crippen molar-refractivity contribution in [2.75, 3.05) is 13.1 Å². The molecule has 0 aromatic heterocycles. The molecule has 0 bridgehead atoms. The van der Waals surface area contributed by atoms with Crippen LogP contribution in [0.1, 0.15) is 39.5 Å². The molecule has 0 aromatic carbocycles. The van der Waals surface area contributed by atoms with Crippen LogP contribution in [0.2, 0.25) is 0 Å². The zero-order valence-corrected chi connectivity index (χ0v) is 11.6. The van der Waals surface area contributed by atoms with Gasteiger partial charge in [-0.1, -0.05) is 13.3 Å². The summed E-state index contributed by atoms with van der Waals surface area (Å²) in [5.41, 5.74) is 0. The zero-order chi connectivity index (χ0) is 14.4. The molecule has 0 radical (unpaired) electrons. The van der Waals surface area contributed by atoms with E-state index in [-0.39, 0.29) is 5.91 Å². The van der Waals surface area contributed by atoms with E-state index < -0.39 is 17.8 Å². The van der Waals surface area contributed by atoms with Crippen molar-refractivity contribution in [2.24, 2.45) is 17.8 Å². The number of carbonyl (C=O) groups is 2. The van der Waals surface area contributed by atoms with Crippen LogP contribution in [0.25, 0.3) is 0 Å². The van der Waals surface area contributed by atoms with E-state index in [1.54, 1.807) is 4.90 Å². The van der Waals surface area contributed by atoms with Crippen LogP contribution in [0.3, 0.4) is 0 Å². The number of rotatable bonds is 6. The molecule has 106 valence electrons. The normalized spacial score (nSPS) is 25.8. The van der Waals surface area contributed by atoms with Gasteiger partial charge in [-0.15, -0.1) is 0 Å². The summed E-state index contributed by atoms with van der Waals surface area (Å²) in [5.74, 6) is -1.62. The topological polar surface area (TPSA) is 81.4 Å². The summed E-state index contributed by atoms with van der Waals surface area (Å²) in [6.07, 6.45) is 2.46. The largest absolute Gasteiger partial charge is 0.481 e. The lowest BCUT2D eigenvalue weighted by atomic mass is 9.94. The molecule has 1 saturated carbocycles. The summed E-state index contributed by atoms with van der Waals surface area (Å²) in [6.45, 7) is 4.81. The summed E-state index contributed by atoms with van der Waals surface area (Å²) in [6, 6.07) is 2.02. The highest BCUT2D eigenvalue weighted by atomic mass is 16.4.